The van der Waals surface area contributed by atoms with Crippen molar-refractivity contribution < 1.29 is 22.7 Å². The third-order valence-corrected chi connectivity index (χ3v) is 3.82. The predicted octanol–water partition coefficient (Wildman–Crippen LogP) is 0.0922. The molecule has 0 spiro atoms. The minimum Gasteiger partial charge on any atom is -0.483 e. The summed E-state index contributed by atoms with van der Waals surface area (Å²) in [6.07, 6.45) is 0. The summed E-state index contributed by atoms with van der Waals surface area (Å²) in [6.45, 7) is 3.98. The number of ether oxygens (including phenoxy) is 2. The number of hydrogen-bond acceptors (Lipinski definition) is 5. The van der Waals surface area contributed by atoms with Crippen molar-refractivity contribution in [2.24, 2.45) is 5.14 Å². The number of primary sulfonamides is 1. The maximum atomic E-state index is 11.5. The third-order valence-electron chi connectivity index (χ3n) is 2.77. The van der Waals surface area contributed by atoms with Gasteiger partial charge in [0.1, 0.15) is 5.75 Å². The molecule has 1 aromatic rings. The molecule has 3 N–H and O–H groups in total. The van der Waals surface area contributed by atoms with Gasteiger partial charge in [-0.3, -0.25) is 4.79 Å². The summed E-state index contributed by atoms with van der Waals surface area (Å²) in [5, 5.41) is 7.74. The first-order chi connectivity index (χ1) is 9.75. The van der Waals surface area contributed by atoms with Gasteiger partial charge in [0.25, 0.3) is 5.91 Å². The molecule has 8 heteroatoms. The average molecular weight is 316 g/mol. The Kier molecular flexibility index (Phi) is 6.13. The van der Waals surface area contributed by atoms with Gasteiger partial charge in [-0.05, 0) is 37.1 Å². The fourth-order valence-electron chi connectivity index (χ4n) is 1.71. The van der Waals surface area contributed by atoms with Crippen LogP contribution in [0.5, 0.6) is 5.75 Å². The number of amides is 1. The molecule has 0 unspecified atom stereocenters. The zero-order valence-corrected chi connectivity index (χ0v) is 13.1. The van der Waals surface area contributed by atoms with E-state index in [0.717, 1.165) is 0 Å². The Balaban J connectivity index is 2.73. The van der Waals surface area contributed by atoms with E-state index in [1.165, 1.54) is 6.07 Å². The minimum absolute atomic E-state index is 0.0527. The standard InChI is InChI=1S/C13H20N2O5S/c1-9-7-12(21(14,17)18)10(2)6-11(9)20-8-13(16)15-4-5-19-3/h6-7H,4-5,8H2,1-3H3,(H,15,16)(H2,14,17,18). The van der Waals surface area contributed by atoms with E-state index < -0.39 is 10.0 Å². The molecule has 118 valence electrons. The lowest BCUT2D eigenvalue weighted by Crippen LogP contribution is -2.31. The van der Waals surface area contributed by atoms with Crippen molar-refractivity contribution in [3.63, 3.8) is 0 Å². The maximum absolute atomic E-state index is 11.5. The first-order valence-corrected chi connectivity index (χ1v) is 7.83. The van der Waals surface area contributed by atoms with Crippen molar-refractivity contribution in [3.05, 3.63) is 23.3 Å². The molecule has 0 aliphatic rings. The Hall–Kier alpha value is -1.64. The van der Waals surface area contributed by atoms with Gasteiger partial charge in [0.2, 0.25) is 10.0 Å². The van der Waals surface area contributed by atoms with Crippen LogP contribution in [0, 0.1) is 13.8 Å². The summed E-state index contributed by atoms with van der Waals surface area (Å²) in [6, 6.07) is 2.99. The molecular formula is C13H20N2O5S. The minimum atomic E-state index is -3.77. The molecule has 0 bridgehead atoms. The Morgan fingerprint density at radius 1 is 1.29 bits per heavy atom. The quantitative estimate of drug-likeness (QED) is 0.693. The summed E-state index contributed by atoms with van der Waals surface area (Å²) in [5.74, 6) is 0.168. The zero-order valence-electron chi connectivity index (χ0n) is 12.3. The van der Waals surface area contributed by atoms with Crippen molar-refractivity contribution in [1.82, 2.24) is 5.32 Å². The molecule has 0 aromatic heterocycles. The highest BCUT2D eigenvalue weighted by Crippen LogP contribution is 2.25. The van der Waals surface area contributed by atoms with E-state index in [1.54, 1.807) is 27.0 Å². The number of carbonyl (C=O) groups excluding carboxylic acids is 1. The van der Waals surface area contributed by atoms with E-state index >= 15 is 0 Å². The number of methoxy groups -OCH3 is 1. The number of nitrogens with two attached hydrogens (primary N) is 1. The Bertz CT molecular complexity index is 613. The summed E-state index contributed by atoms with van der Waals surface area (Å²) >= 11 is 0. The van der Waals surface area contributed by atoms with Crippen LogP contribution in [0.25, 0.3) is 0 Å². The number of nitrogens with one attached hydrogen (secondary N) is 1. The Morgan fingerprint density at radius 2 is 1.95 bits per heavy atom. The van der Waals surface area contributed by atoms with Gasteiger partial charge in [-0.1, -0.05) is 0 Å². The normalized spacial score (nSPS) is 11.2. The summed E-state index contributed by atoms with van der Waals surface area (Å²) in [5.41, 5.74) is 1.06. The van der Waals surface area contributed by atoms with Crippen LogP contribution in [-0.2, 0) is 19.6 Å². The highest BCUT2D eigenvalue weighted by atomic mass is 32.2. The molecule has 1 rings (SSSR count). The van der Waals surface area contributed by atoms with Crippen LogP contribution in [0.4, 0.5) is 0 Å². The van der Waals surface area contributed by atoms with E-state index in [1.807, 2.05) is 0 Å². The largest absolute Gasteiger partial charge is 0.483 e. The van der Waals surface area contributed by atoms with Crippen LogP contribution in [0.15, 0.2) is 17.0 Å². The highest BCUT2D eigenvalue weighted by Gasteiger charge is 2.15. The Labute approximate surface area is 124 Å². The second kappa shape index (κ2) is 7.39. The van der Waals surface area contributed by atoms with Gasteiger partial charge in [0.15, 0.2) is 6.61 Å². The smallest absolute Gasteiger partial charge is 0.258 e. The summed E-state index contributed by atoms with van der Waals surface area (Å²) in [4.78, 5) is 11.6. The number of sulfonamides is 1. The lowest BCUT2D eigenvalue weighted by atomic mass is 10.1. The molecule has 21 heavy (non-hydrogen) atoms. The van der Waals surface area contributed by atoms with E-state index in [9.17, 15) is 13.2 Å². The molecule has 0 aliphatic carbocycles. The van der Waals surface area contributed by atoms with Gasteiger partial charge in [0.05, 0.1) is 11.5 Å². The topological polar surface area (TPSA) is 108 Å². The predicted molar refractivity (Wildman–Crippen MR) is 77.7 cm³/mol. The van der Waals surface area contributed by atoms with Crippen LogP contribution >= 0.6 is 0 Å². The molecule has 7 nitrogen and oxygen atoms in total. The molecule has 0 saturated heterocycles. The molecule has 1 aromatic carbocycles. The average Bonchev–Trinajstić information content (AvgIpc) is 2.38. The van der Waals surface area contributed by atoms with Gasteiger partial charge in [-0.2, -0.15) is 0 Å². The number of rotatable bonds is 7. The lowest BCUT2D eigenvalue weighted by molar-refractivity contribution is -0.123. The lowest BCUT2D eigenvalue weighted by Gasteiger charge is -2.12. The molecular weight excluding hydrogens is 296 g/mol. The van der Waals surface area contributed by atoms with Crippen LogP contribution in [0.2, 0.25) is 0 Å². The monoisotopic (exact) mass is 316 g/mol. The first kappa shape index (κ1) is 17.4. The molecule has 0 atom stereocenters. The molecule has 0 fully saturated rings. The van der Waals surface area contributed by atoms with E-state index in [4.69, 9.17) is 14.6 Å². The number of carbonyl (C=O) groups is 1. The molecule has 0 saturated carbocycles. The summed E-state index contributed by atoms with van der Waals surface area (Å²) < 4.78 is 33.0. The highest BCUT2D eigenvalue weighted by molar-refractivity contribution is 7.89. The maximum Gasteiger partial charge on any atom is 0.258 e. The van der Waals surface area contributed by atoms with Crippen molar-refractivity contribution in [2.75, 3.05) is 26.9 Å². The van der Waals surface area contributed by atoms with Crippen molar-refractivity contribution >= 4 is 15.9 Å². The van der Waals surface area contributed by atoms with E-state index in [0.29, 0.717) is 30.0 Å². The number of benzene rings is 1. The van der Waals surface area contributed by atoms with E-state index in [-0.39, 0.29) is 17.4 Å². The molecule has 1 amide bonds. The van der Waals surface area contributed by atoms with Gasteiger partial charge in [-0.25, -0.2) is 13.6 Å². The first-order valence-electron chi connectivity index (χ1n) is 6.28. The fourth-order valence-corrected chi connectivity index (χ4v) is 2.56. The second-order valence-corrected chi connectivity index (χ2v) is 6.09. The summed E-state index contributed by atoms with van der Waals surface area (Å²) in [7, 11) is -2.22. The SMILES string of the molecule is COCCNC(=O)COc1cc(C)c(S(N)(=O)=O)cc1C. The third kappa shape index (κ3) is 5.33. The zero-order chi connectivity index (χ0) is 16.0. The van der Waals surface area contributed by atoms with Crippen molar-refractivity contribution in [1.29, 1.82) is 0 Å². The fraction of sp³-hybridized carbons (Fsp3) is 0.462. The van der Waals surface area contributed by atoms with Crippen molar-refractivity contribution in [3.8, 4) is 5.75 Å². The van der Waals surface area contributed by atoms with Gasteiger partial charge >= 0.3 is 0 Å². The molecule has 0 heterocycles. The van der Waals surface area contributed by atoms with Crippen molar-refractivity contribution in [2.45, 2.75) is 18.7 Å². The second-order valence-electron chi connectivity index (χ2n) is 4.56. The van der Waals surface area contributed by atoms with Crippen LogP contribution < -0.4 is 15.2 Å². The van der Waals surface area contributed by atoms with E-state index in [2.05, 4.69) is 5.32 Å². The van der Waals surface area contributed by atoms with Crippen LogP contribution in [-0.4, -0.2) is 41.2 Å². The van der Waals surface area contributed by atoms with Crippen LogP contribution in [0.1, 0.15) is 11.1 Å². The Morgan fingerprint density at radius 3 is 2.52 bits per heavy atom. The number of hydrogen-bond donors (Lipinski definition) is 2. The molecule has 0 radical (unpaired) electrons. The van der Waals surface area contributed by atoms with Gasteiger partial charge < -0.3 is 14.8 Å². The number of aryl methyl sites for hydroxylation is 2. The van der Waals surface area contributed by atoms with Gasteiger partial charge in [-0.15, -0.1) is 0 Å². The van der Waals surface area contributed by atoms with Gasteiger partial charge in [0, 0.05) is 13.7 Å². The van der Waals surface area contributed by atoms with Crippen LogP contribution in [0.3, 0.4) is 0 Å². The molecule has 0 aliphatic heterocycles.